The van der Waals surface area contributed by atoms with Crippen LogP contribution in [-0.4, -0.2) is 37.9 Å². The third-order valence-electron chi connectivity index (χ3n) is 5.35. The van der Waals surface area contributed by atoms with Crippen LogP contribution in [0.15, 0.2) is 41.2 Å². The van der Waals surface area contributed by atoms with Crippen molar-refractivity contribution in [2.75, 3.05) is 18.8 Å². The zero-order chi connectivity index (χ0) is 19.8. The Morgan fingerprint density at radius 3 is 2.76 bits per heavy atom. The van der Waals surface area contributed by atoms with E-state index in [1.165, 1.54) is 0 Å². The molecule has 0 spiro atoms. The molecule has 1 saturated heterocycles. The van der Waals surface area contributed by atoms with Gasteiger partial charge in [-0.25, -0.2) is 9.61 Å². The van der Waals surface area contributed by atoms with Crippen molar-refractivity contribution in [1.82, 2.24) is 30.2 Å². The molecule has 0 amide bonds. The number of nitrogen functional groups attached to an aromatic ring is 1. The molecule has 1 atom stereocenters. The third-order valence-corrected chi connectivity index (χ3v) is 5.60. The van der Waals surface area contributed by atoms with Crippen molar-refractivity contribution in [3.63, 3.8) is 0 Å². The smallest absolute Gasteiger partial charge is 0.199 e. The molecule has 1 fully saturated rings. The summed E-state index contributed by atoms with van der Waals surface area (Å²) in [4.78, 5) is 9.47. The maximum Gasteiger partial charge on any atom is 0.199 e. The molecule has 9 heteroatoms. The molecule has 1 aliphatic rings. The van der Waals surface area contributed by atoms with Crippen LogP contribution in [0.2, 0.25) is 5.02 Å². The topological polar surface area (TPSA) is 108 Å². The van der Waals surface area contributed by atoms with Crippen LogP contribution in [0.25, 0.3) is 33.8 Å². The van der Waals surface area contributed by atoms with E-state index in [-0.39, 0.29) is 5.82 Å². The SMILES string of the molecule is Nc1nonc1-c1nc2c(-c3ccc(Cl)cc3)nccc2n1CC1CCCNC1. The van der Waals surface area contributed by atoms with Crippen molar-refractivity contribution >= 4 is 28.5 Å². The molecule has 4 heterocycles. The monoisotopic (exact) mass is 409 g/mol. The molecule has 8 nitrogen and oxygen atoms in total. The standard InChI is InChI=1S/C20H20ClN7O/c21-14-5-3-13(4-6-14)16-17-15(7-9-24-16)28(11-12-2-1-8-23-10-12)20(25-17)18-19(22)27-29-26-18/h3-7,9,12,23H,1-2,8,10-11H2,(H2,22,27). The summed E-state index contributed by atoms with van der Waals surface area (Å²) in [6, 6.07) is 9.57. The second kappa shape index (κ2) is 7.46. The van der Waals surface area contributed by atoms with Gasteiger partial charge in [-0.3, -0.25) is 4.98 Å². The first-order valence-electron chi connectivity index (χ1n) is 9.61. The van der Waals surface area contributed by atoms with Gasteiger partial charge < -0.3 is 15.6 Å². The van der Waals surface area contributed by atoms with Crippen LogP contribution in [-0.2, 0) is 6.54 Å². The van der Waals surface area contributed by atoms with Gasteiger partial charge in [0, 0.05) is 23.3 Å². The molecular weight excluding hydrogens is 390 g/mol. The first-order valence-corrected chi connectivity index (χ1v) is 9.99. The summed E-state index contributed by atoms with van der Waals surface area (Å²) in [7, 11) is 0. The molecule has 5 rings (SSSR count). The van der Waals surface area contributed by atoms with Gasteiger partial charge in [-0.15, -0.1) is 0 Å². The van der Waals surface area contributed by atoms with Gasteiger partial charge in [0.15, 0.2) is 17.3 Å². The van der Waals surface area contributed by atoms with Crippen LogP contribution < -0.4 is 11.1 Å². The number of piperidine rings is 1. The lowest BCUT2D eigenvalue weighted by atomic mass is 9.99. The molecule has 1 unspecified atom stereocenters. The Bertz CT molecular complexity index is 1150. The number of imidazole rings is 1. The molecular formula is C20H20ClN7O. The van der Waals surface area contributed by atoms with Crippen LogP contribution in [0.5, 0.6) is 0 Å². The van der Waals surface area contributed by atoms with Gasteiger partial charge >= 0.3 is 0 Å². The lowest BCUT2D eigenvalue weighted by Gasteiger charge is -2.24. The highest BCUT2D eigenvalue weighted by atomic mass is 35.5. The molecule has 4 aromatic rings. The fourth-order valence-corrected chi connectivity index (χ4v) is 4.05. The molecule has 1 aromatic carbocycles. The van der Waals surface area contributed by atoms with Crippen LogP contribution >= 0.6 is 11.6 Å². The van der Waals surface area contributed by atoms with Gasteiger partial charge in [0.25, 0.3) is 0 Å². The van der Waals surface area contributed by atoms with Crippen LogP contribution in [0.1, 0.15) is 12.8 Å². The molecule has 3 N–H and O–H groups in total. The summed E-state index contributed by atoms with van der Waals surface area (Å²) in [5, 5.41) is 11.9. The highest BCUT2D eigenvalue weighted by Gasteiger charge is 2.24. The van der Waals surface area contributed by atoms with Crippen LogP contribution in [0.4, 0.5) is 5.82 Å². The summed E-state index contributed by atoms with van der Waals surface area (Å²) in [6.45, 7) is 2.84. The van der Waals surface area contributed by atoms with Crippen LogP contribution in [0, 0.1) is 5.92 Å². The van der Waals surface area contributed by atoms with E-state index >= 15 is 0 Å². The first-order chi connectivity index (χ1) is 14.2. The van der Waals surface area contributed by atoms with E-state index in [4.69, 9.17) is 26.9 Å². The lowest BCUT2D eigenvalue weighted by Crippen LogP contribution is -2.32. The Labute approximate surface area is 172 Å². The number of hydrogen-bond donors (Lipinski definition) is 2. The van der Waals surface area contributed by atoms with E-state index in [0.717, 1.165) is 54.8 Å². The fourth-order valence-electron chi connectivity index (χ4n) is 3.93. The van der Waals surface area contributed by atoms with Crippen molar-refractivity contribution in [2.24, 2.45) is 5.92 Å². The number of halogens is 1. The third kappa shape index (κ3) is 3.34. The summed E-state index contributed by atoms with van der Waals surface area (Å²) < 4.78 is 7.00. The largest absolute Gasteiger partial charge is 0.379 e. The first kappa shape index (κ1) is 18.1. The minimum absolute atomic E-state index is 0.226. The normalized spacial score (nSPS) is 17.1. The summed E-state index contributed by atoms with van der Waals surface area (Å²) in [5.41, 5.74) is 9.95. The molecule has 29 heavy (non-hydrogen) atoms. The molecule has 0 saturated carbocycles. The average Bonchev–Trinajstić information content (AvgIpc) is 3.33. The predicted molar refractivity (Wildman–Crippen MR) is 111 cm³/mol. The Morgan fingerprint density at radius 1 is 1.17 bits per heavy atom. The molecule has 0 aliphatic carbocycles. The van der Waals surface area contributed by atoms with Crippen molar-refractivity contribution in [1.29, 1.82) is 0 Å². The van der Waals surface area contributed by atoms with E-state index in [0.29, 0.717) is 22.5 Å². The number of nitrogens with two attached hydrogens (primary N) is 1. The number of anilines is 1. The van der Waals surface area contributed by atoms with Gasteiger partial charge in [-0.1, -0.05) is 23.7 Å². The van der Waals surface area contributed by atoms with Gasteiger partial charge in [0.05, 0.1) is 11.2 Å². The van der Waals surface area contributed by atoms with E-state index in [2.05, 4.69) is 25.2 Å². The van der Waals surface area contributed by atoms with Gasteiger partial charge in [0.2, 0.25) is 0 Å². The fraction of sp³-hybridized carbons (Fsp3) is 0.300. The second-order valence-corrected chi connectivity index (χ2v) is 7.73. The Morgan fingerprint density at radius 2 is 2.03 bits per heavy atom. The number of benzene rings is 1. The van der Waals surface area contributed by atoms with Gasteiger partial charge in [-0.2, -0.15) is 0 Å². The van der Waals surface area contributed by atoms with Crippen molar-refractivity contribution in [3.8, 4) is 22.8 Å². The average molecular weight is 410 g/mol. The van der Waals surface area contributed by atoms with Crippen molar-refractivity contribution < 1.29 is 4.63 Å². The molecule has 0 bridgehead atoms. The second-order valence-electron chi connectivity index (χ2n) is 7.29. The maximum atomic E-state index is 6.05. The van der Waals surface area contributed by atoms with E-state index < -0.39 is 0 Å². The number of rotatable bonds is 4. The maximum absolute atomic E-state index is 6.05. The Hall–Kier alpha value is -2.97. The van der Waals surface area contributed by atoms with E-state index in [1.54, 1.807) is 6.20 Å². The van der Waals surface area contributed by atoms with Crippen molar-refractivity contribution in [3.05, 3.63) is 41.6 Å². The Balaban J connectivity index is 1.69. The number of aromatic nitrogens is 5. The van der Waals surface area contributed by atoms with Crippen molar-refractivity contribution in [2.45, 2.75) is 19.4 Å². The zero-order valence-electron chi connectivity index (χ0n) is 15.7. The molecule has 3 aromatic heterocycles. The quantitative estimate of drug-likeness (QED) is 0.531. The molecule has 1 aliphatic heterocycles. The van der Waals surface area contributed by atoms with E-state index in [9.17, 15) is 0 Å². The summed E-state index contributed by atoms with van der Waals surface area (Å²) in [6.07, 6.45) is 4.13. The predicted octanol–water partition coefficient (Wildman–Crippen LogP) is 3.38. The lowest BCUT2D eigenvalue weighted by molar-refractivity contribution is 0.309. The van der Waals surface area contributed by atoms with Gasteiger partial charge in [-0.05, 0) is 60.4 Å². The molecule has 148 valence electrons. The van der Waals surface area contributed by atoms with Gasteiger partial charge in [0.1, 0.15) is 5.52 Å². The zero-order valence-corrected chi connectivity index (χ0v) is 16.4. The highest BCUT2D eigenvalue weighted by molar-refractivity contribution is 6.30. The van der Waals surface area contributed by atoms with Crippen LogP contribution in [0.3, 0.4) is 0 Å². The number of nitrogens with zero attached hydrogens (tertiary/aromatic N) is 5. The number of hydrogen-bond acceptors (Lipinski definition) is 7. The highest BCUT2D eigenvalue weighted by Crippen LogP contribution is 2.33. The minimum Gasteiger partial charge on any atom is -0.379 e. The molecule has 0 radical (unpaired) electrons. The van der Waals surface area contributed by atoms with E-state index in [1.807, 2.05) is 30.3 Å². The number of fused-ring (bicyclic) bond motifs is 1. The number of nitrogens with one attached hydrogen (secondary N) is 1. The summed E-state index contributed by atoms with van der Waals surface area (Å²) >= 11 is 6.05. The minimum atomic E-state index is 0.226. The summed E-state index contributed by atoms with van der Waals surface area (Å²) in [5.74, 6) is 1.37. The Kier molecular flexibility index (Phi) is 4.65. The number of pyridine rings is 1.